The summed E-state index contributed by atoms with van der Waals surface area (Å²) < 4.78 is 5.39. The second-order valence-electron chi connectivity index (χ2n) is 6.98. The van der Waals surface area contributed by atoms with E-state index in [1.165, 1.54) is 0 Å². The summed E-state index contributed by atoms with van der Waals surface area (Å²) in [7, 11) is 2.10. The largest absolute Gasteiger partial charge is 0.480 e. The number of ether oxygens (including phenoxy) is 1. The van der Waals surface area contributed by atoms with Crippen LogP contribution in [-0.2, 0) is 9.53 Å². The third-order valence-electron chi connectivity index (χ3n) is 4.42. The normalized spacial score (nSPS) is 21.5. The van der Waals surface area contributed by atoms with Crippen LogP contribution >= 0.6 is 0 Å². The molecule has 1 rings (SSSR count). The van der Waals surface area contributed by atoms with Crippen molar-refractivity contribution in [1.82, 2.24) is 10.2 Å². The molecule has 5 heteroatoms. The van der Waals surface area contributed by atoms with Gasteiger partial charge in [-0.1, -0.05) is 0 Å². The van der Waals surface area contributed by atoms with Crippen LogP contribution in [0.5, 0.6) is 0 Å². The van der Waals surface area contributed by atoms with E-state index in [1.807, 2.05) is 13.8 Å². The zero-order valence-electron chi connectivity index (χ0n) is 14.2. The van der Waals surface area contributed by atoms with Gasteiger partial charge in [0.1, 0.15) is 5.54 Å². The lowest BCUT2D eigenvalue weighted by Gasteiger charge is -2.36. The quantitative estimate of drug-likeness (QED) is 0.717. The molecule has 1 fully saturated rings. The van der Waals surface area contributed by atoms with Gasteiger partial charge in [0.2, 0.25) is 0 Å². The van der Waals surface area contributed by atoms with Gasteiger partial charge in [0.05, 0.1) is 0 Å². The predicted molar refractivity (Wildman–Crippen MR) is 84.6 cm³/mol. The van der Waals surface area contributed by atoms with E-state index >= 15 is 0 Å². The van der Waals surface area contributed by atoms with Crippen LogP contribution in [0.15, 0.2) is 0 Å². The van der Waals surface area contributed by atoms with Gasteiger partial charge < -0.3 is 14.7 Å². The van der Waals surface area contributed by atoms with Crippen molar-refractivity contribution in [2.75, 3.05) is 26.8 Å². The topological polar surface area (TPSA) is 61.8 Å². The first-order chi connectivity index (χ1) is 9.74. The van der Waals surface area contributed by atoms with E-state index in [0.717, 1.165) is 32.6 Å². The molecule has 1 aliphatic rings. The number of carbonyl (C=O) groups is 1. The van der Waals surface area contributed by atoms with Gasteiger partial charge in [-0.15, -0.1) is 0 Å². The molecular weight excluding hydrogens is 268 g/mol. The molecule has 0 bridgehead atoms. The van der Waals surface area contributed by atoms with Crippen LogP contribution in [0.3, 0.4) is 0 Å². The van der Waals surface area contributed by atoms with Crippen LogP contribution in [0.25, 0.3) is 0 Å². The van der Waals surface area contributed by atoms with Gasteiger partial charge in [-0.2, -0.15) is 0 Å². The molecule has 0 spiro atoms. The Bertz CT molecular complexity index is 329. The van der Waals surface area contributed by atoms with Gasteiger partial charge in [0, 0.05) is 31.8 Å². The number of nitrogens with one attached hydrogen (secondary N) is 1. The molecular formula is C16H32N2O3. The zero-order valence-corrected chi connectivity index (χ0v) is 14.2. The number of carboxylic acid groups (broad SMARTS) is 1. The van der Waals surface area contributed by atoms with Gasteiger partial charge in [0.15, 0.2) is 0 Å². The smallest absolute Gasteiger partial charge is 0.323 e. The van der Waals surface area contributed by atoms with Gasteiger partial charge in [-0.25, -0.2) is 0 Å². The monoisotopic (exact) mass is 300 g/mol. The third-order valence-corrected chi connectivity index (χ3v) is 4.42. The summed E-state index contributed by atoms with van der Waals surface area (Å²) in [5.41, 5.74) is -0.877. The number of rotatable bonds is 8. The Morgan fingerprint density at radius 2 is 1.95 bits per heavy atom. The molecule has 1 saturated heterocycles. The lowest BCUT2D eigenvalue weighted by molar-refractivity contribution is -0.145. The SMILES string of the molecule is CC(C)NC(C)(CC(C)N(C)CC1CCOCC1)C(=O)O. The Balaban J connectivity index is 2.55. The molecule has 2 N–H and O–H groups in total. The van der Waals surface area contributed by atoms with Crippen LogP contribution in [-0.4, -0.2) is 60.4 Å². The summed E-state index contributed by atoms with van der Waals surface area (Å²) in [4.78, 5) is 13.9. The first kappa shape index (κ1) is 18.4. The average Bonchev–Trinajstić information content (AvgIpc) is 2.38. The highest BCUT2D eigenvalue weighted by Crippen LogP contribution is 2.21. The summed E-state index contributed by atoms with van der Waals surface area (Å²) in [5.74, 6) is -0.108. The summed E-state index contributed by atoms with van der Waals surface area (Å²) in [6.45, 7) is 10.6. The van der Waals surface area contributed by atoms with Crippen LogP contribution in [0.2, 0.25) is 0 Å². The molecule has 0 aliphatic carbocycles. The molecule has 2 unspecified atom stereocenters. The van der Waals surface area contributed by atoms with Crippen LogP contribution in [0, 0.1) is 5.92 Å². The highest BCUT2D eigenvalue weighted by molar-refractivity contribution is 5.78. The van der Waals surface area contributed by atoms with Crippen molar-refractivity contribution in [3.05, 3.63) is 0 Å². The van der Waals surface area contributed by atoms with Crippen molar-refractivity contribution in [2.24, 2.45) is 5.92 Å². The minimum atomic E-state index is -0.877. The molecule has 21 heavy (non-hydrogen) atoms. The fraction of sp³-hybridized carbons (Fsp3) is 0.938. The van der Waals surface area contributed by atoms with E-state index in [4.69, 9.17) is 4.74 Å². The molecule has 0 aromatic heterocycles. The van der Waals surface area contributed by atoms with E-state index < -0.39 is 11.5 Å². The number of hydrogen-bond acceptors (Lipinski definition) is 4. The maximum absolute atomic E-state index is 11.6. The summed E-state index contributed by atoms with van der Waals surface area (Å²) in [5, 5.41) is 12.7. The molecule has 0 amide bonds. The number of hydrogen-bond donors (Lipinski definition) is 2. The standard InChI is InChI=1S/C16H32N2O3/c1-12(2)17-16(4,15(19)20)10-13(3)18(5)11-14-6-8-21-9-7-14/h12-14,17H,6-11H2,1-5H3,(H,19,20). The lowest BCUT2D eigenvalue weighted by atomic mass is 9.91. The fourth-order valence-corrected chi connectivity index (χ4v) is 3.11. The highest BCUT2D eigenvalue weighted by atomic mass is 16.5. The van der Waals surface area contributed by atoms with Crippen LogP contribution < -0.4 is 5.32 Å². The number of nitrogens with zero attached hydrogens (tertiary/aromatic N) is 1. The summed E-state index contributed by atoms with van der Waals surface area (Å²) in [6.07, 6.45) is 2.81. The second-order valence-corrected chi connectivity index (χ2v) is 6.98. The van der Waals surface area contributed by atoms with E-state index in [1.54, 1.807) is 6.92 Å². The summed E-state index contributed by atoms with van der Waals surface area (Å²) in [6, 6.07) is 0.374. The van der Waals surface area contributed by atoms with Crippen LogP contribution in [0.4, 0.5) is 0 Å². The Labute approximate surface area is 129 Å². The summed E-state index contributed by atoms with van der Waals surface area (Å²) >= 11 is 0. The Hall–Kier alpha value is -0.650. The lowest BCUT2D eigenvalue weighted by Crippen LogP contribution is -2.55. The Kier molecular flexibility index (Phi) is 7.10. The van der Waals surface area contributed by atoms with Crippen molar-refractivity contribution in [3.63, 3.8) is 0 Å². The van der Waals surface area contributed by atoms with E-state index in [9.17, 15) is 9.90 Å². The molecule has 124 valence electrons. The first-order valence-electron chi connectivity index (χ1n) is 8.03. The Morgan fingerprint density at radius 3 is 2.43 bits per heavy atom. The van der Waals surface area contributed by atoms with Gasteiger partial charge in [-0.05, 0) is 59.9 Å². The molecule has 1 aliphatic heterocycles. The molecule has 5 nitrogen and oxygen atoms in total. The molecule has 0 aromatic rings. The van der Waals surface area contributed by atoms with Crippen molar-refractivity contribution in [3.8, 4) is 0 Å². The van der Waals surface area contributed by atoms with Crippen molar-refractivity contribution in [1.29, 1.82) is 0 Å². The minimum Gasteiger partial charge on any atom is -0.480 e. The average molecular weight is 300 g/mol. The molecule has 0 aromatic carbocycles. The first-order valence-corrected chi connectivity index (χ1v) is 8.03. The van der Waals surface area contributed by atoms with Crippen LogP contribution in [0.1, 0.15) is 47.0 Å². The Morgan fingerprint density at radius 1 is 1.38 bits per heavy atom. The van der Waals surface area contributed by atoms with E-state index in [-0.39, 0.29) is 12.1 Å². The maximum Gasteiger partial charge on any atom is 0.323 e. The maximum atomic E-state index is 11.6. The zero-order chi connectivity index (χ0) is 16.0. The van der Waals surface area contributed by atoms with Crippen molar-refractivity contribution >= 4 is 5.97 Å². The van der Waals surface area contributed by atoms with E-state index in [2.05, 4.69) is 24.2 Å². The van der Waals surface area contributed by atoms with Gasteiger partial charge in [-0.3, -0.25) is 10.1 Å². The number of aliphatic carboxylic acids is 1. The fourth-order valence-electron chi connectivity index (χ4n) is 3.11. The van der Waals surface area contributed by atoms with Gasteiger partial charge >= 0.3 is 5.97 Å². The highest BCUT2D eigenvalue weighted by Gasteiger charge is 2.36. The van der Waals surface area contributed by atoms with Gasteiger partial charge in [0.25, 0.3) is 0 Å². The molecule has 1 heterocycles. The minimum absolute atomic E-state index is 0.152. The van der Waals surface area contributed by atoms with E-state index in [0.29, 0.717) is 12.3 Å². The second kappa shape index (κ2) is 8.11. The predicted octanol–water partition coefficient (Wildman–Crippen LogP) is 1.96. The molecule has 0 radical (unpaired) electrons. The molecule has 0 saturated carbocycles. The molecule has 2 atom stereocenters. The third kappa shape index (κ3) is 5.93. The van der Waals surface area contributed by atoms with Crippen molar-refractivity contribution < 1.29 is 14.6 Å². The van der Waals surface area contributed by atoms with Crippen molar-refractivity contribution in [2.45, 2.75) is 64.6 Å². The number of carboxylic acids is 1.